The summed E-state index contributed by atoms with van der Waals surface area (Å²) in [6, 6.07) is 7.32. The third-order valence-corrected chi connectivity index (χ3v) is 5.47. The smallest absolute Gasteiger partial charge is 0.257 e. The van der Waals surface area contributed by atoms with E-state index in [-0.39, 0.29) is 18.6 Å². The van der Waals surface area contributed by atoms with Crippen LogP contribution in [0.1, 0.15) is 34.6 Å². The Hall–Kier alpha value is -2.90. The molecule has 154 valence electrons. The molecule has 0 unspecified atom stereocenters. The van der Waals surface area contributed by atoms with Crippen molar-refractivity contribution in [1.82, 2.24) is 19.7 Å². The molecule has 0 bridgehead atoms. The molecule has 0 atom stereocenters. The number of hydrogen-bond acceptors (Lipinski definition) is 3. The van der Waals surface area contributed by atoms with Crippen LogP contribution in [0.15, 0.2) is 30.5 Å². The molecule has 29 heavy (non-hydrogen) atoms. The maximum Gasteiger partial charge on any atom is 0.257 e. The highest BCUT2D eigenvalue weighted by Gasteiger charge is 2.27. The Kier molecular flexibility index (Phi) is 5.25. The van der Waals surface area contributed by atoms with E-state index in [0.29, 0.717) is 30.1 Å². The van der Waals surface area contributed by atoms with Crippen molar-refractivity contribution in [2.75, 3.05) is 13.1 Å². The van der Waals surface area contributed by atoms with Crippen molar-refractivity contribution in [1.29, 1.82) is 0 Å². The number of aryl methyl sites for hydroxylation is 2. The molecule has 0 aliphatic carbocycles. The lowest BCUT2D eigenvalue weighted by atomic mass is 10.1. The van der Waals surface area contributed by atoms with E-state index >= 15 is 0 Å². The minimum Gasteiger partial charge on any atom is -0.490 e. The molecule has 0 spiro atoms. The number of aromatic nitrogens is 3. The van der Waals surface area contributed by atoms with E-state index in [1.807, 2.05) is 43.0 Å². The van der Waals surface area contributed by atoms with Crippen molar-refractivity contribution in [2.24, 2.45) is 0 Å². The zero-order chi connectivity index (χ0) is 20.5. The van der Waals surface area contributed by atoms with Gasteiger partial charge < -0.3 is 14.2 Å². The monoisotopic (exact) mass is 402 g/mol. The van der Waals surface area contributed by atoms with Crippen LogP contribution in [0.4, 0.5) is 8.78 Å². The highest BCUT2D eigenvalue weighted by Crippen LogP contribution is 2.30. The second-order valence-electron chi connectivity index (χ2n) is 7.47. The quantitative estimate of drug-likeness (QED) is 0.703. The number of alkyl halides is 2. The first kappa shape index (κ1) is 19.4. The number of carbonyl (C=O) groups is 1. The van der Waals surface area contributed by atoms with Crippen LogP contribution in [-0.2, 0) is 6.54 Å². The highest BCUT2D eigenvalue weighted by atomic mass is 19.3. The van der Waals surface area contributed by atoms with Gasteiger partial charge in [-0.15, -0.1) is 0 Å². The number of fused-ring (bicyclic) bond motifs is 1. The van der Waals surface area contributed by atoms with Gasteiger partial charge in [-0.3, -0.25) is 9.89 Å². The number of piperidine rings is 1. The Morgan fingerprint density at radius 2 is 2.03 bits per heavy atom. The SMILES string of the molecule is Cc1n[nH]c(C)c1C(=O)N1CCC(Oc2cccc3c2ccn3CC(F)F)CC1. The lowest BCUT2D eigenvalue weighted by molar-refractivity contribution is 0.0596. The molecule has 0 radical (unpaired) electrons. The van der Waals surface area contributed by atoms with Crippen molar-refractivity contribution >= 4 is 16.8 Å². The summed E-state index contributed by atoms with van der Waals surface area (Å²) >= 11 is 0. The first-order valence-corrected chi connectivity index (χ1v) is 9.77. The number of amides is 1. The van der Waals surface area contributed by atoms with Crippen LogP contribution < -0.4 is 4.74 Å². The third kappa shape index (κ3) is 3.83. The number of rotatable bonds is 5. The maximum absolute atomic E-state index is 12.8. The van der Waals surface area contributed by atoms with Crippen LogP contribution in [0.2, 0.25) is 0 Å². The highest BCUT2D eigenvalue weighted by molar-refractivity contribution is 5.96. The predicted molar refractivity (Wildman–Crippen MR) is 106 cm³/mol. The fourth-order valence-corrected chi connectivity index (χ4v) is 3.99. The zero-order valence-corrected chi connectivity index (χ0v) is 16.5. The molecule has 1 amide bonds. The fourth-order valence-electron chi connectivity index (χ4n) is 3.99. The van der Waals surface area contributed by atoms with Gasteiger partial charge in [0, 0.05) is 43.2 Å². The Bertz CT molecular complexity index is 1000. The van der Waals surface area contributed by atoms with Gasteiger partial charge in [0.1, 0.15) is 11.9 Å². The second kappa shape index (κ2) is 7.85. The van der Waals surface area contributed by atoms with Crippen molar-refractivity contribution in [3.63, 3.8) is 0 Å². The number of hydrogen-bond donors (Lipinski definition) is 1. The fraction of sp³-hybridized carbons (Fsp3) is 0.429. The molecule has 8 heteroatoms. The van der Waals surface area contributed by atoms with Crippen LogP contribution in [0.3, 0.4) is 0 Å². The number of likely N-dealkylation sites (tertiary alicyclic amines) is 1. The Morgan fingerprint density at radius 1 is 1.28 bits per heavy atom. The topological polar surface area (TPSA) is 63.1 Å². The zero-order valence-electron chi connectivity index (χ0n) is 16.5. The lowest BCUT2D eigenvalue weighted by Crippen LogP contribution is -2.42. The maximum atomic E-state index is 12.8. The van der Waals surface area contributed by atoms with Gasteiger partial charge >= 0.3 is 0 Å². The van der Waals surface area contributed by atoms with Crippen LogP contribution >= 0.6 is 0 Å². The molecule has 1 aliphatic rings. The number of nitrogens with zero attached hydrogens (tertiary/aromatic N) is 3. The second-order valence-corrected chi connectivity index (χ2v) is 7.47. The van der Waals surface area contributed by atoms with Crippen LogP contribution in [0, 0.1) is 13.8 Å². The largest absolute Gasteiger partial charge is 0.490 e. The molecule has 3 heterocycles. The Balaban J connectivity index is 1.42. The molecule has 0 saturated carbocycles. The standard InChI is InChI=1S/C21H24F2N4O2/c1-13-20(14(2)25-24-13)21(28)26-9-6-15(7-10-26)29-18-5-3-4-17-16(18)8-11-27(17)12-19(22)23/h3-5,8,11,15,19H,6-7,9-10,12H2,1-2H3,(H,24,25). The molecule has 1 N–H and O–H groups in total. The van der Waals surface area contributed by atoms with E-state index in [1.54, 1.807) is 10.8 Å². The van der Waals surface area contributed by atoms with Gasteiger partial charge in [-0.25, -0.2) is 8.78 Å². The summed E-state index contributed by atoms with van der Waals surface area (Å²) < 4.78 is 33.3. The van der Waals surface area contributed by atoms with E-state index in [1.165, 1.54) is 0 Å². The molecular formula is C21H24F2N4O2. The number of halogens is 2. The summed E-state index contributed by atoms with van der Waals surface area (Å²) in [5.41, 5.74) is 2.88. The Labute approximate surface area is 167 Å². The van der Waals surface area contributed by atoms with Gasteiger partial charge in [-0.05, 0) is 32.0 Å². The van der Waals surface area contributed by atoms with E-state index in [4.69, 9.17) is 4.74 Å². The first-order valence-electron chi connectivity index (χ1n) is 9.77. The summed E-state index contributed by atoms with van der Waals surface area (Å²) in [7, 11) is 0. The number of aromatic amines is 1. The normalized spacial score (nSPS) is 15.4. The van der Waals surface area contributed by atoms with E-state index in [0.717, 1.165) is 29.4 Å². The Morgan fingerprint density at radius 3 is 2.69 bits per heavy atom. The van der Waals surface area contributed by atoms with E-state index < -0.39 is 6.43 Å². The summed E-state index contributed by atoms with van der Waals surface area (Å²) in [6.07, 6.45) is 0.681. The molecule has 1 saturated heterocycles. The van der Waals surface area contributed by atoms with E-state index in [9.17, 15) is 13.6 Å². The average Bonchev–Trinajstić information content (AvgIpc) is 3.25. The lowest BCUT2D eigenvalue weighted by Gasteiger charge is -2.32. The molecule has 1 aliphatic heterocycles. The van der Waals surface area contributed by atoms with Gasteiger partial charge in [0.15, 0.2) is 0 Å². The predicted octanol–water partition coefficient (Wildman–Crippen LogP) is 3.93. The van der Waals surface area contributed by atoms with Crippen LogP contribution in [-0.4, -0.2) is 51.2 Å². The number of H-pyrrole nitrogens is 1. The summed E-state index contributed by atoms with van der Waals surface area (Å²) in [5, 5.41) is 7.79. The number of ether oxygens (including phenoxy) is 1. The summed E-state index contributed by atoms with van der Waals surface area (Å²) in [5.74, 6) is 0.695. The molecule has 3 aromatic rings. The van der Waals surface area contributed by atoms with Crippen molar-refractivity contribution in [3.8, 4) is 5.75 Å². The summed E-state index contributed by atoms with van der Waals surface area (Å²) in [4.78, 5) is 14.6. The molecule has 4 rings (SSSR count). The first-order chi connectivity index (χ1) is 13.9. The third-order valence-electron chi connectivity index (χ3n) is 5.47. The van der Waals surface area contributed by atoms with Crippen LogP contribution in [0.5, 0.6) is 5.75 Å². The minimum atomic E-state index is -2.40. The summed E-state index contributed by atoms with van der Waals surface area (Å²) in [6.45, 7) is 4.56. The van der Waals surface area contributed by atoms with Crippen LogP contribution in [0.25, 0.3) is 10.9 Å². The van der Waals surface area contributed by atoms with E-state index in [2.05, 4.69) is 10.2 Å². The number of carbonyl (C=O) groups excluding carboxylic acids is 1. The number of nitrogens with one attached hydrogen (secondary N) is 1. The van der Waals surface area contributed by atoms with Gasteiger partial charge in [0.2, 0.25) is 0 Å². The number of benzene rings is 1. The molecule has 6 nitrogen and oxygen atoms in total. The van der Waals surface area contributed by atoms with Crippen molar-refractivity contribution in [3.05, 3.63) is 47.4 Å². The molecule has 1 fully saturated rings. The van der Waals surface area contributed by atoms with Gasteiger partial charge in [-0.1, -0.05) is 6.07 Å². The van der Waals surface area contributed by atoms with Gasteiger partial charge in [0.05, 0.1) is 23.3 Å². The molecule has 2 aromatic heterocycles. The van der Waals surface area contributed by atoms with Gasteiger partial charge in [-0.2, -0.15) is 5.10 Å². The average molecular weight is 402 g/mol. The minimum absolute atomic E-state index is 0.00150. The molecule has 1 aromatic carbocycles. The van der Waals surface area contributed by atoms with Crippen molar-refractivity contribution < 1.29 is 18.3 Å². The van der Waals surface area contributed by atoms with Crippen molar-refractivity contribution in [2.45, 2.75) is 45.8 Å². The molecular weight excluding hydrogens is 378 g/mol. The van der Waals surface area contributed by atoms with Gasteiger partial charge in [0.25, 0.3) is 12.3 Å².